The van der Waals surface area contributed by atoms with Crippen LogP contribution in [0.1, 0.15) is 19.4 Å². The van der Waals surface area contributed by atoms with Gasteiger partial charge in [-0.2, -0.15) is 0 Å². The van der Waals surface area contributed by atoms with Crippen molar-refractivity contribution in [3.63, 3.8) is 0 Å². The summed E-state index contributed by atoms with van der Waals surface area (Å²) < 4.78 is 24.4. The second-order valence-corrected chi connectivity index (χ2v) is 24.2. The molecule has 3 rings (SSSR count). The third-order valence-corrected chi connectivity index (χ3v) is 9.46. The fourth-order valence-electron chi connectivity index (χ4n) is 3.65. The molecule has 5 heteroatoms. The van der Waals surface area contributed by atoms with Gasteiger partial charge in [-0.3, -0.25) is 0 Å². The van der Waals surface area contributed by atoms with Crippen LogP contribution in [0, 0.1) is 11.8 Å². The van der Waals surface area contributed by atoms with Gasteiger partial charge in [-0.05, 0) is 0 Å². The third-order valence-electron chi connectivity index (χ3n) is 4.62. The van der Waals surface area contributed by atoms with E-state index in [1.54, 1.807) is 0 Å². The summed E-state index contributed by atoms with van der Waals surface area (Å²) in [4.78, 5) is 7.49. The minimum atomic E-state index is -1.94. The van der Waals surface area contributed by atoms with Gasteiger partial charge in [0.25, 0.3) is 0 Å². The summed E-state index contributed by atoms with van der Waals surface area (Å²) in [6.45, 7) is 5.30. The zero-order chi connectivity index (χ0) is 17.3. The van der Waals surface area contributed by atoms with Crippen LogP contribution in [0.25, 0.3) is 0 Å². The molecule has 1 fully saturated rings. The monoisotopic (exact) mass is 442 g/mol. The van der Waals surface area contributed by atoms with Crippen LogP contribution in [0.2, 0.25) is 19.3 Å². The molecule has 0 bridgehead atoms. The molecular weight excluding hydrogens is 411 g/mol. The maximum atomic E-state index is 6.08. The average molecular weight is 441 g/mol. The van der Waals surface area contributed by atoms with Gasteiger partial charge in [-0.1, -0.05) is 0 Å². The van der Waals surface area contributed by atoms with Crippen molar-refractivity contribution >= 4 is 18.4 Å². The molecule has 2 aliphatic rings. The molecule has 0 amide bonds. The van der Waals surface area contributed by atoms with Crippen LogP contribution in [-0.2, 0) is 15.9 Å². The van der Waals surface area contributed by atoms with Crippen LogP contribution in [0.3, 0.4) is 0 Å². The molecule has 2 heterocycles. The van der Waals surface area contributed by atoms with Gasteiger partial charge < -0.3 is 0 Å². The molecule has 0 saturated carbocycles. The van der Waals surface area contributed by atoms with Crippen molar-refractivity contribution in [3.05, 3.63) is 23.8 Å². The molecule has 0 aliphatic carbocycles. The van der Waals surface area contributed by atoms with Gasteiger partial charge in [0, 0.05) is 0 Å². The van der Waals surface area contributed by atoms with E-state index >= 15 is 0 Å². The van der Waals surface area contributed by atoms with Crippen LogP contribution >= 0.6 is 0 Å². The van der Waals surface area contributed by atoms with Gasteiger partial charge >= 0.3 is 150 Å². The average Bonchev–Trinajstić information content (AvgIpc) is 3.06. The summed E-state index contributed by atoms with van der Waals surface area (Å²) in [5.41, 5.74) is 1.30. The van der Waals surface area contributed by atoms with Crippen LogP contribution in [0.15, 0.2) is 18.2 Å². The predicted molar refractivity (Wildman–Crippen MR) is 97.4 cm³/mol. The van der Waals surface area contributed by atoms with E-state index in [9.17, 15) is 0 Å². The number of ether oxygens (including phenoxy) is 4. The second kappa shape index (κ2) is 7.42. The van der Waals surface area contributed by atoms with E-state index in [-0.39, 0.29) is 12.4 Å². The van der Waals surface area contributed by atoms with E-state index < -0.39 is 18.4 Å². The Bertz CT molecular complexity index is 567. The normalized spacial score (nSPS) is 26.3. The van der Waals surface area contributed by atoms with Crippen molar-refractivity contribution in [2.45, 2.75) is 51.9 Å². The zero-order valence-electron chi connectivity index (χ0n) is 15.5. The van der Waals surface area contributed by atoms with Gasteiger partial charge in [-0.15, -0.1) is 0 Å². The van der Waals surface area contributed by atoms with Crippen molar-refractivity contribution in [1.82, 2.24) is 0 Å². The van der Waals surface area contributed by atoms with E-state index in [4.69, 9.17) is 18.9 Å². The van der Waals surface area contributed by atoms with Gasteiger partial charge in [0.2, 0.25) is 0 Å². The molecule has 24 heavy (non-hydrogen) atoms. The van der Waals surface area contributed by atoms with Gasteiger partial charge in [0.15, 0.2) is 0 Å². The Morgan fingerprint density at radius 2 is 1.92 bits per heavy atom. The van der Waals surface area contributed by atoms with Gasteiger partial charge in [0.1, 0.15) is 0 Å². The van der Waals surface area contributed by atoms with E-state index in [1.165, 1.54) is 10.0 Å². The van der Waals surface area contributed by atoms with Crippen LogP contribution in [0.5, 0.6) is 11.5 Å². The minimum absolute atomic E-state index is 0.0417. The van der Waals surface area contributed by atoms with Crippen LogP contribution < -0.4 is 9.47 Å². The van der Waals surface area contributed by atoms with Crippen molar-refractivity contribution in [2.75, 3.05) is 13.4 Å². The van der Waals surface area contributed by atoms with Gasteiger partial charge in [-0.25, -0.2) is 0 Å². The van der Waals surface area contributed by atoms with Crippen molar-refractivity contribution in [1.29, 1.82) is 0 Å². The Labute approximate surface area is 149 Å². The fourth-order valence-corrected chi connectivity index (χ4v) is 9.18. The molecule has 2 aliphatic heterocycles. The molecule has 0 spiro atoms. The number of benzene rings is 1. The first kappa shape index (κ1) is 18.3. The van der Waals surface area contributed by atoms with Crippen molar-refractivity contribution in [3.8, 4) is 11.5 Å². The Morgan fingerprint density at radius 1 is 1.17 bits per heavy atom. The van der Waals surface area contributed by atoms with E-state index in [0.29, 0.717) is 18.6 Å². The Hall–Kier alpha value is -0.461. The zero-order valence-corrected chi connectivity index (χ0v) is 18.4. The molecule has 0 N–H and O–H groups in total. The van der Waals surface area contributed by atoms with E-state index in [1.807, 2.05) is 6.07 Å². The maximum absolute atomic E-state index is 6.08. The molecule has 134 valence electrons. The molecule has 4 nitrogen and oxygen atoms in total. The number of fused-ring (bicyclic) bond motifs is 1. The van der Waals surface area contributed by atoms with E-state index in [0.717, 1.165) is 24.5 Å². The SMILES string of the molecule is CC(C)O[C@H]1OC[C@H](Cc2ccc3c(c2)OCO3)[C@H]1[CH2][Sn]([CH3])([CH3])[CH3]. The number of hydrogen-bond donors (Lipinski definition) is 0. The summed E-state index contributed by atoms with van der Waals surface area (Å²) in [7, 11) is 0. The summed E-state index contributed by atoms with van der Waals surface area (Å²) in [5.74, 6) is 2.75. The first-order chi connectivity index (χ1) is 11.3. The molecule has 3 atom stereocenters. The van der Waals surface area contributed by atoms with Crippen LogP contribution in [-0.4, -0.2) is 44.2 Å². The summed E-state index contributed by atoms with van der Waals surface area (Å²) in [6, 6.07) is 6.30. The topological polar surface area (TPSA) is 36.9 Å². The molecule has 0 unspecified atom stereocenters. The Balaban J connectivity index is 1.72. The van der Waals surface area contributed by atoms with E-state index in [2.05, 4.69) is 40.8 Å². The predicted octanol–water partition coefficient (Wildman–Crippen LogP) is 4.31. The molecular formula is C19H30O4Sn. The Morgan fingerprint density at radius 3 is 2.62 bits per heavy atom. The summed E-state index contributed by atoms with van der Waals surface area (Å²) in [5, 5.41) is 0. The molecule has 0 radical (unpaired) electrons. The summed E-state index contributed by atoms with van der Waals surface area (Å²) >= 11 is -1.94. The second-order valence-electron chi connectivity index (χ2n) is 8.47. The third kappa shape index (κ3) is 4.58. The first-order valence-corrected chi connectivity index (χ1v) is 19.6. The van der Waals surface area contributed by atoms with Gasteiger partial charge in [0.05, 0.1) is 0 Å². The van der Waals surface area contributed by atoms with Crippen molar-refractivity contribution in [2.24, 2.45) is 11.8 Å². The number of rotatable bonds is 6. The van der Waals surface area contributed by atoms with Crippen molar-refractivity contribution < 1.29 is 18.9 Å². The fraction of sp³-hybridized carbons (Fsp3) is 0.684. The number of hydrogen-bond acceptors (Lipinski definition) is 4. The quantitative estimate of drug-likeness (QED) is 0.617. The molecule has 1 aromatic carbocycles. The standard InChI is InChI=1S/C16H21O4.3CH3.Sn/c1-10(2)20-16-11(3)13(8-17-16)6-12-4-5-14-15(7-12)19-9-18-14;;;;/h4-5,7,10-11,13,16H,3,6,8-9H2,1-2H3;3*1H3;/t11-,13+,16-;;;;/m1..../s1. The van der Waals surface area contributed by atoms with Crippen LogP contribution in [0.4, 0.5) is 0 Å². The first-order valence-electron chi connectivity index (χ1n) is 8.97. The Kier molecular flexibility index (Phi) is 5.67. The summed E-state index contributed by atoms with van der Waals surface area (Å²) in [6.07, 6.45) is 1.18. The molecule has 0 aromatic heterocycles. The molecule has 1 saturated heterocycles. The molecule has 1 aromatic rings.